The zero-order valence-electron chi connectivity index (χ0n) is 16.3. The van der Waals surface area contributed by atoms with Gasteiger partial charge in [-0.25, -0.2) is 4.39 Å². The molecule has 0 spiro atoms. The normalized spacial score (nSPS) is 12.2. The molecular formula is C20H21FN4O2S. The van der Waals surface area contributed by atoms with Gasteiger partial charge in [0.2, 0.25) is 0 Å². The first-order valence-corrected chi connectivity index (χ1v) is 9.65. The van der Waals surface area contributed by atoms with Gasteiger partial charge in [0, 0.05) is 23.9 Å². The highest BCUT2D eigenvalue weighted by Gasteiger charge is 2.26. The number of benzene rings is 1. The Morgan fingerprint density at radius 2 is 1.82 bits per heavy atom. The molecule has 0 saturated heterocycles. The summed E-state index contributed by atoms with van der Waals surface area (Å²) in [7, 11) is 1.80. The van der Waals surface area contributed by atoms with Crippen LogP contribution in [0.4, 0.5) is 4.39 Å². The highest BCUT2D eigenvalue weighted by atomic mass is 32.2. The number of H-pyrrole nitrogens is 1. The van der Waals surface area contributed by atoms with Crippen LogP contribution in [0.5, 0.6) is 0 Å². The summed E-state index contributed by atoms with van der Waals surface area (Å²) < 4.78 is 14.9. The fraction of sp³-hybridized carbons (Fsp3) is 0.300. The van der Waals surface area contributed by atoms with E-state index in [1.54, 1.807) is 44.5 Å². The number of aromatic nitrogens is 4. The Hall–Kier alpha value is -2.74. The highest BCUT2D eigenvalue weighted by molar-refractivity contribution is 8.00. The lowest BCUT2D eigenvalue weighted by Gasteiger charge is -2.10. The molecule has 0 amide bonds. The molecule has 0 aliphatic heterocycles. The summed E-state index contributed by atoms with van der Waals surface area (Å²) >= 11 is 1.28. The zero-order valence-corrected chi connectivity index (χ0v) is 17.1. The lowest BCUT2D eigenvalue weighted by Crippen LogP contribution is -2.16. The van der Waals surface area contributed by atoms with Gasteiger partial charge in [-0.3, -0.25) is 9.59 Å². The molecule has 0 radical (unpaired) electrons. The molecule has 1 N–H and O–H groups in total. The van der Waals surface area contributed by atoms with Crippen LogP contribution >= 0.6 is 11.8 Å². The van der Waals surface area contributed by atoms with Gasteiger partial charge in [0.1, 0.15) is 5.82 Å². The number of hydrogen-bond donors (Lipinski definition) is 1. The monoisotopic (exact) mass is 400 g/mol. The summed E-state index contributed by atoms with van der Waals surface area (Å²) in [6.07, 6.45) is 0. The summed E-state index contributed by atoms with van der Waals surface area (Å²) in [4.78, 5) is 27.8. The topological polar surface area (TPSA) is 80.6 Å². The van der Waals surface area contributed by atoms with E-state index in [4.69, 9.17) is 0 Å². The molecule has 28 heavy (non-hydrogen) atoms. The summed E-state index contributed by atoms with van der Waals surface area (Å²) in [5.74, 6) is 0.0986. The maximum absolute atomic E-state index is 13.1. The number of hydrogen-bond acceptors (Lipinski definition) is 5. The lowest BCUT2D eigenvalue weighted by molar-refractivity contribution is 0.0988. The zero-order chi connectivity index (χ0) is 20.6. The number of rotatable bonds is 6. The minimum Gasteiger partial charge on any atom is -0.355 e. The molecule has 2 aromatic heterocycles. The van der Waals surface area contributed by atoms with Crippen molar-refractivity contribution in [3.05, 3.63) is 52.6 Å². The summed E-state index contributed by atoms with van der Waals surface area (Å²) in [5.41, 5.74) is 3.13. The Kier molecular flexibility index (Phi) is 5.51. The largest absolute Gasteiger partial charge is 0.355 e. The number of carbonyl (C=O) groups excluding carboxylic acids is 2. The molecule has 0 saturated carbocycles. The van der Waals surface area contributed by atoms with Crippen LogP contribution < -0.4 is 0 Å². The van der Waals surface area contributed by atoms with Crippen molar-refractivity contribution in [3.63, 3.8) is 0 Å². The van der Waals surface area contributed by atoms with Crippen molar-refractivity contribution < 1.29 is 14.0 Å². The first kappa shape index (κ1) is 20.0. The second kappa shape index (κ2) is 7.71. The van der Waals surface area contributed by atoms with Gasteiger partial charge in [0.25, 0.3) is 0 Å². The Labute approximate surface area is 166 Å². The lowest BCUT2D eigenvalue weighted by atomic mass is 10.0. The van der Waals surface area contributed by atoms with Crippen LogP contribution in [0.25, 0.3) is 11.4 Å². The maximum atomic E-state index is 13.1. The van der Waals surface area contributed by atoms with Crippen LogP contribution in [0.2, 0.25) is 0 Å². The van der Waals surface area contributed by atoms with Gasteiger partial charge in [0.15, 0.2) is 22.5 Å². The van der Waals surface area contributed by atoms with Gasteiger partial charge in [0.05, 0.1) is 10.9 Å². The second-order valence-electron chi connectivity index (χ2n) is 6.68. The van der Waals surface area contributed by atoms with Crippen LogP contribution in [0.3, 0.4) is 0 Å². The Morgan fingerprint density at radius 3 is 2.39 bits per heavy atom. The first-order chi connectivity index (χ1) is 13.2. The van der Waals surface area contributed by atoms with Crippen molar-refractivity contribution in [1.82, 2.24) is 19.7 Å². The number of aryl methyl sites for hydroxylation is 1. The van der Waals surface area contributed by atoms with Crippen LogP contribution in [0.15, 0.2) is 29.4 Å². The van der Waals surface area contributed by atoms with Gasteiger partial charge in [-0.15, -0.1) is 10.2 Å². The van der Waals surface area contributed by atoms with Gasteiger partial charge < -0.3 is 9.55 Å². The van der Waals surface area contributed by atoms with E-state index < -0.39 is 5.25 Å². The van der Waals surface area contributed by atoms with Crippen molar-refractivity contribution in [3.8, 4) is 11.4 Å². The molecule has 8 heteroatoms. The van der Waals surface area contributed by atoms with Crippen LogP contribution in [-0.4, -0.2) is 36.6 Å². The van der Waals surface area contributed by atoms with Crippen LogP contribution in [0.1, 0.15) is 46.0 Å². The number of nitrogens with zero attached hydrogens (tertiary/aromatic N) is 3. The van der Waals surface area contributed by atoms with Crippen molar-refractivity contribution in [2.75, 3.05) is 0 Å². The quantitative estimate of drug-likeness (QED) is 0.497. The standard InChI is InChI=1S/C20H21FN4O2S/c1-10-16(12(3)26)11(2)22-17(10)18(27)13(4)28-20-24-23-19(25(20)5)14-6-8-15(21)9-7-14/h6-9,13,22H,1-5H3. The highest BCUT2D eigenvalue weighted by Crippen LogP contribution is 2.29. The van der Waals surface area contributed by atoms with E-state index >= 15 is 0 Å². The van der Waals surface area contributed by atoms with Crippen molar-refractivity contribution in [2.24, 2.45) is 7.05 Å². The number of nitrogens with one attached hydrogen (secondary N) is 1. The van der Waals surface area contributed by atoms with Crippen molar-refractivity contribution in [1.29, 1.82) is 0 Å². The molecule has 3 aromatic rings. The third-order valence-corrected chi connectivity index (χ3v) is 5.76. The smallest absolute Gasteiger partial charge is 0.192 e. The van der Waals surface area contributed by atoms with E-state index in [9.17, 15) is 14.0 Å². The third kappa shape index (κ3) is 3.64. The Bertz CT molecular complexity index is 1050. The number of ketones is 2. The fourth-order valence-corrected chi connectivity index (χ4v) is 4.08. The van der Waals surface area contributed by atoms with Gasteiger partial charge >= 0.3 is 0 Å². The van der Waals surface area contributed by atoms with Gasteiger partial charge in [-0.05, 0) is 57.5 Å². The molecule has 0 fully saturated rings. The molecule has 1 unspecified atom stereocenters. The predicted molar refractivity (Wildman–Crippen MR) is 106 cm³/mol. The van der Waals surface area contributed by atoms with Crippen LogP contribution in [-0.2, 0) is 7.05 Å². The molecule has 1 atom stereocenters. The van der Waals surface area contributed by atoms with Crippen LogP contribution in [0, 0.1) is 19.7 Å². The molecule has 2 heterocycles. The van der Waals surface area contributed by atoms with E-state index in [0.29, 0.717) is 33.5 Å². The molecule has 0 bridgehead atoms. The van der Waals surface area contributed by atoms with Gasteiger partial charge in [-0.1, -0.05) is 11.8 Å². The molecule has 1 aromatic carbocycles. The molecule has 0 aliphatic rings. The van der Waals surface area contributed by atoms with Gasteiger partial charge in [-0.2, -0.15) is 0 Å². The number of Topliss-reactive ketones (excluding diaryl/α,β-unsaturated/α-hetero) is 2. The van der Waals surface area contributed by atoms with E-state index in [0.717, 1.165) is 5.56 Å². The summed E-state index contributed by atoms with van der Waals surface area (Å²) in [6.45, 7) is 6.85. The molecule has 0 aliphatic carbocycles. The fourth-order valence-electron chi connectivity index (χ4n) is 3.21. The number of carbonyl (C=O) groups is 2. The minimum atomic E-state index is -0.430. The summed E-state index contributed by atoms with van der Waals surface area (Å²) in [6, 6.07) is 6.01. The average Bonchev–Trinajstić information content (AvgIpc) is 3.14. The number of halogens is 1. The second-order valence-corrected chi connectivity index (χ2v) is 7.99. The Balaban J connectivity index is 1.83. The van der Waals surface area contributed by atoms with E-state index in [1.165, 1.54) is 30.8 Å². The SMILES string of the molecule is CC(=O)c1c(C)[nH]c(C(=O)C(C)Sc2nnc(-c3ccc(F)cc3)n2C)c1C. The molecule has 146 valence electrons. The van der Waals surface area contributed by atoms with E-state index in [2.05, 4.69) is 15.2 Å². The van der Waals surface area contributed by atoms with Crippen molar-refractivity contribution >= 4 is 23.3 Å². The van der Waals surface area contributed by atoms with E-state index in [-0.39, 0.29) is 17.4 Å². The maximum Gasteiger partial charge on any atom is 0.192 e. The molecule has 3 rings (SSSR count). The predicted octanol–water partition coefficient (Wildman–Crippen LogP) is 4.13. The summed E-state index contributed by atoms with van der Waals surface area (Å²) in [5, 5.41) is 8.48. The first-order valence-electron chi connectivity index (χ1n) is 8.77. The molecule has 6 nitrogen and oxygen atoms in total. The van der Waals surface area contributed by atoms with E-state index in [1.807, 2.05) is 0 Å². The minimum absolute atomic E-state index is 0.0668. The number of thioether (sulfide) groups is 1. The number of aromatic amines is 1. The Morgan fingerprint density at radius 1 is 1.18 bits per heavy atom. The average molecular weight is 400 g/mol. The molecular weight excluding hydrogens is 379 g/mol. The third-order valence-electron chi connectivity index (χ3n) is 4.62. The van der Waals surface area contributed by atoms with Crippen molar-refractivity contribution in [2.45, 2.75) is 38.1 Å².